The Labute approximate surface area is 411 Å². The molecule has 0 aliphatic rings. The van der Waals surface area contributed by atoms with Crippen molar-refractivity contribution in [1.82, 2.24) is 0 Å². The minimum absolute atomic E-state index is 1.12. The van der Waals surface area contributed by atoms with E-state index in [2.05, 4.69) is 280 Å². The van der Waals surface area contributed by atoms with Gasteiger partial charge in [0.1, 0.15) is 0 Å². The summed E-state index contributed by atoms with van der Waals surface area (Å²) in [4.78, 5) is 4.83. The summed E-state index contributed by atoms with van der Waals surface area (Å²) >= 11 is 0. The molecule has 0 fully saturated rings. The zero-order valence-corrected chi connectivity index (χ0v) is 40.0. The lowest BCUT2D eigenvalue weighted by Gasteiger charge is -2.29. The molecule has 12 rings (SSSR count). The molecule has 0 N–H and O–H groups in total. The van der Waals surface area contributed by atoms with Crippen molar-refractivity contribution in [2.24, 2.45) is 0 Å². The Bertz CT molecular complexity index is 3680. The van der Waals surface area contributed by atoms with Crippen LogP contribution in [0.4, 0.5) is 34.1 Å². The van der Waals surface area contributed by atoms with Gasteiger partial charge in [-0.15, -0.1) is 0 Å². The van der Waals surface area contributed by atoms with E-state index in [0.717, 1.165) is 34.1 Å². The lowest BCUT2D eigenvalue weighted by molar-refractivity contribution is 1.22. The molecule has 2 nitrogen and oxygen atoms in total. The van der Waals surface area contributed by atoms with Crippen LogP contribution in [0, 0.1) is 27.7 Å². The zero-order valence-electron chi connectivity index (χ0n) is 40.0. The van der Waals surface area contributed by atoms with Crippen molar-refractivity contribution in [2.45, 2.75) is 27.7 Å². The molecular formula is C68H52N2. The van der Waals surface area contributed by atoms with Crippen molar-refractivity contribution < 1.29 is 0 Å². The molecule has 0 amide bonds. The second kappa shape index (κ2) is 17.7. The van der Waals surface area contributed by atoms with E-state index < -0.39 is 0 Å². The van der Waals surface area contributed by atoms with Gasteiger partial charge in [0.25, 0.3) is 0 Å². The van der Waals surface area contributed by atoms with Gasteiger partial charge in [-0.2, -0.15) is 0 Å². The van der Waals surface area contributed by atoms with E-state index in [-0.39, 0.29) is 0 Å². The summed E-state index contributed by atoms with van der Waals surface area (Å²) in [5.74, 6) is 0. The second-order valence-electron chi connectivity index (χ2n) is 18.7. The smallest absolute Gasteiger partial charge is 0.0491 e. The Hall–Kier alpha value is -8.72. The lowest BCUT2D eigenvalue weighted by atomic mass is 9.93. The Kier molecular flexibility index (Phi) is 10.8. The number of nitrogens with zero attached hydrogens (tertiary/aromatic N) is 2. The van der Waals surface area contributed by atoms with Crippen LogP contribution in [0.5, 0.6) is 0 Å². The first-order chi connectivity index (χ1) is 34.4. The number of rotatable bonds is 9. The first kappa shape index (κ1) is 42.6. The molecule has 0 atom stereocenters. The van der Waals surface area contributed by atoms with E-state index in [1.165, 1.54) is 98.7 Å². The molecule has 0 unspecified atom stereocenters. The summed E-state index contributed by atoms with van der Waals surface area (Å²) in [6, 6.07) is 89.1. The molecule has 334 valence electrons. The third-order valence-electron chi connectivity index (χ3n) is 14.3. The van der Waals surface area contributed by atoms with Gasteiger partial charge in [-0.05, 0) is 199 Å². The number of aryl methyl sites for hydroxylation is 4. The summed E-state index contributed by atoms with van der Waals surface area (Å²) in [6.07, 6.45) is 0. The highest BCUT2D eigenvalue weighted by Gasteiger charge is 2.21. The first-order valence-corrected chi connectivity index (χ1v) is 24.3. The molecule has 0 aromatic heterocycles. The minimum atomic E-state index is 1.12. The maximum absolute atomic E-state index is 2.42. The Morgan fingerprint density at radius 3 is 0.929 bits per heavy atom. The van der Waals surface area contributed by atoms with Crippen molar-refractivity contribution in [3.05, 3.63) is 265 Å². The van der Waals surface area contributed by atoms with Crippen LogP contribution >= 0.6 is 0 Å². The molecule has 0 spiro atoms. The van der Waals surface area contributed by atoms with E-state index in [1.807, 2.05) is 0 Å². The SMILES string of the molecule is Cc1ccccc1N(c1ccc(-c2cc3ccccc3c3ccccc23)cc1)c1ccc(-c2ccc(N(c3ccc(-c4cc5ccccc5c5ccccc45)cc3)c3ccccc3C)c(C)c2)cc1C. The monoisotopic (exact) mass is 896 g/mol. The van der Waals surface area contributed by atoms with Crippen molar-refractivity contribution in [3.63, 3.8) is 0 Å². The predicted octanol–water partition coefficient (Wildman–Crippen LogP) is 19.5. The number of hydrogen-bond acceptors (Lipinski definition) is 2. The Morgan fingerprint density at radius 1 is 0.229 bits per heavy atom. The first-order valence-electron chi connectivity index (χ1n) is 24.3. The molecule has 0 radical (unpaired) electrons. The van der Waals surface area contributed by atoms with E-state index in [4.69, 9.17) is 0 Å². The quantitative estimate of drug-likeness (QED) is 0.133. The number of hydrogen-bond donors (Lipinski definition) is 0. The molecule has 0 saturated carbocycles. The fourth-order valence-corrected chi connectivity index (χ4v) is 10.8. The van der Waals surface area contributed by atoms with Crippen molar-refractivity contribution in [1.29, 1.82) is 0 Å². The molecule has 0 bridgehead atoms. The fraction of sp³-hybridized carbons (Fsp3) is 0.0588. The molecule has 0 saturated heterocycles. The fourth-order valence-electron chi connectivity index (χ4n) is 10.8. The molecule has 12 aromatic rings. The third kappa shape index (κ3) is 7.55. The summed E-state index contributed by atoms with van der Waals surface area (Å²) in [6.45, 7) is 8.89. The van der Waals surface area contributed by atoms with E-state index >= 15 is 0 Å². The normalized spacial score (nSPS) is 11.4. The van der Waals surface area contributed by atoms with Crippen LogP contribution in [0.3, 0.4) is 0 Å². The van der Waals surface area contributed by atoms with Gasteiger partial charge in [0.05, 0.1) is 0 Å². The molecular weight excluding hydrogens is 845 g/mol. The second-order valence-corrected chi connectivity index (χ2v) is 18.7. The van der Waals surface area contributed by atoms with E-state index in [1.54, 1.807) is 0 Å². The van der Waals surface area contributed by atoms with Gasteiger partial charge in [-0.1, -0.05) is 170 Å². The average molecular weight is 897 g/mol. The summed E-state index contributed by atoms with van der Waals surface area (Å²) in [5.41, 5.74) is 19.0. The molecule has 70 heavy (non-hydrogen) atoms. The number of para-hydroxylation sites is 2. The van der Waals surface area contributed by atoms with Crippen LogP contribution in [-0.2, 0) is 0 Å². The van der Waals surface area contributed by atoms with Gasteiger partial charge in [0.2, 0.25) is 0 Å². The number of anilines is 6. The van der Waals surface area contributed by atoms with Gasteiger partial charge >= 0.3 is 0 Å². The largest absolute Gasteiger partial charge is 0.310 e. The summed E-state index contributed by atoms with van der Waals surface area (Å²) < 4.78 is 0. The van der Waals surface area contributed by atoms with E-state index in [0.29, 0.717) is 0 Å². The maximum Gasteiger partial charge on any atom is 0.0491 e. The third-order valence-corrected chi connectivity index (χ3v) is 14.3. The highest BCUT2D eigenvalue weighted by atomic mass is 15.2. The van der Waals surface area contributed by atoms with Crippen LogP contribution in [0.25, 0.3) is 76.5 Å². The van der Waals surface area contributed by atoms with Crippen molar-refractivity contribution in [3.8, 4) is 33.4 Å². The number of benzene rings is 12. The predicted molar refractivity (Wildman–Crippen MR) is 301 cm³/mol. The van der Waals surface area contributed by atoms with Crippen LogP contribution in [0.2, 0.25) is 0 Å². The topological polar surface area (TPSA) is 6.48 Å². The minimum Gasteiger partial charge on any atom is -0.310 e. The molecule has 2 heteroatoms. The zero-order chi connectivity index (χ0) is 47.3. The Morgan fingerprint density at radius 2 is 0.543 bits per heavy atom. The Balaban J connectivity index is 0.888. The molecule has 12 aromatic carbocycles. The molecule has 0 heterocycles. The van der Waals surface area contributed by atoms with Gasteiger partial charge in [-0.25, -0.2) is 0 Å². The molecule has 0 aliphatic heterocycles. The van der Waals surface area contributed by atoms with Crippen molar-refractivity contribution in [2.75, 3.05) is 9.80 Å². The number of fused-ring (bicyclic) bond motifs is 6. The highest BCUT2D eigenvalue weighted by Crippen LogP contribution is 2.44. The van der Waals surface area contributed by atoms with Gasteiger partial charge < -0.3 is 9.80 Å². The lowest BCUT2D eigenvalue weighted by Crippen LogP contribution is -2.13. The van der Waals surface area contributed by atoms with Crippen LogP contribution < -0.4 is 9.80 Å². The van der Waals surface area contributed by atoms with Gasteiger partial charge in [-0.3, -0.25) is 0 Å². The summed E-state index contributed by atoms with van der Waals surface area (Å²) in [5, 5.41) is 10.2. The van der Waals surface area contributed by atoms with Crippen LogP contribution in [0.1, 0.15) is 22.3 Å². The van der Waals surface area contributed by atoms with E-state index in [9.17, 15) is 0 Å². The maximum atomic E-state index is 2.42. The highest BCUT2D eigenvalue weighted by molar-refractivity contribution is 6.15. The molecule has 0 aliphatic carbocycles. The van der Waals surface area contributed by atoms with Gasteiger partial charge in [0, 0.05) is 34.1 Å². The van der Waals surface area contributed by atoms with Crippen molar-refractivity contribution >= 4 is 77.2 Å². The van der Waals surface area contributed by atoms with Gasteiger partial charge in [0.15, 0.2) is 0 Å². The summed E-state index contributed by atoms with van der Waals surface area (Å²) in [7, 11) is 0. The van der Waals surface area contributed by atoms with Crippen LogP contribution in [-0.4, -0.2) is 0 Å². The standard InChI is InChI=1S/C68H52N2/c1-45-17-5-15-27-65(45)69(55-35-29-49(30-36-55)63-43-53-19-7-9-21-57(53)59-23-11-13-25-61(59)63)67-39-33-51(41-47(67)3)52-34-40-68(48(4)42-52)70(66-28-16-6-18-46(66)2)56-37-31-50(32-38-56)64-44-54-20-8-10-22-58(54)60-24-12-14-26-62(60)64/h5-44H,1-4H3. The van der Waals surface area contributed by atoms with Crippen LogP contribution in [0.15, 0.2) is 243 Å². The average Bonchev–Trinajstić information content (AvgIpc) is 3.40.